The maximum absolute atomic E-state index is 11.8. The lowest BCUT2D eigenvalue weighted by molar-refractivity contribution is 0.259. The minimum absolute atomic E-state index is 0.145. The van der Waals surface area contributed by atoms with E-state index in [1.54, 1.807) is 6.92 Å². The Morgan fingerprint density at radius 1 is 1.44 bits per heavy atom. The van der Waals surface area contributed by atoms with Crippen LogP contribution in [0.4, 0.5) is 16.3 Å². The van der Waals surface area contributed by atoms with Crippen LogP contribution in [0.15, 0.2) is 21.7 Å². The van der Waals surface area contributed by atoms with Crippen molar-refractivity contribution in [3.05, 3.63) is 33.0 Å². The molecule has 0 atom stereocenters. The summed E-state index contributed by atoms with van der Waals surface area (Å²) < 4.78 is 1.97. The van der Waals surface area contributed by atoms with E-state index in [2.05, 4.69) is 11.9 Å². The standard InChI is InChI=1S/C10H15N5O3/c1-5(2)4-15-7(11)6(13-9(12)17)8(16)14(3)10(15)18/h1,4,11H2,2-3H3,(H3,12,13,17). The Bertz CT molecular complexity index is 574. The van der Waals surface area contributed by atoms with Gasteiger partial charge in [-0.1, -0.05) is 12.2 Å². The summed E-state index contributed by atoms with van der Waals surface area (Å²) in [5.74, 6) is -0.148. The summed E-state index contributed by atoms with van der Waals surface area (Å²) in [4.78, 5) is 34.4. The zero-order valence-electron chi connectivity index (χ0n) is 10.2. The van der Waals surface area contributed by atoms with Crippen LogP contribution in [0.25, 0.3) is 0 Å². The van der Waals surface area contributed by atoms with Gasteiger partial charge in [-0.05, 0) is 6.92 Å². The third-order valence-electron chi connectivity index (χ3n) is 2.26. The zero-order chi connectivity index (χ0) is 14.0. The fraction of sp³-hybridized carbons (Fsp3) is 0.300. The number of carbonyl (C=O) groups excluding carboxylic acids is 1. The van der Waals surface area contributed by atoms with Crippen LogP contribution >= 0.6 is 0 Å². The number of hydrogen-bond acceptors (Lipinski definition) is 4. The fourth-order valence-electron chi connectivity index (χ4n) is 1.45. The number of nitrogens with zero attached hydrogens (tertiary/aromatic N) is 2. The average molecular weight is 253 g/mol. The highest BCUT2D eigenvalue weighted by Gasteiger charge is 2.16. The average Bonchev–Trinajstić information content (AvgIpc) is 2.27. The molecule has 0 spiro atoms. The van der Waals surface area contributed by atoms with Gasteiger partial charge in [0.2, 0.25) is 0 Å². The number of nitrogen functional groups attached to an aromatic ring is 1. The van der Waals surface area contributed by atoms with E-state index in [0.29, 0.717) is 5.57 Å². The molecular formula is C10H15N5O3. The van der Waals surface area contributed by atoms with E-state index >= 15 is 0 Å². The number of nitrogens with one attached hydrogen (secondary N) is 1. The van der Waals surface area contributed by atoms with Crippen LogP contribution in [0.1, 0.15) is 6.92 Å². The molecule has 0 radical (unpaired) electrons. The maximum atomic E-state index is 11.8. The zero-order valence-corrected chi connectivity index (χ0v) is 10.2. The van der Waals surface area contributed by atoms with Crippen LogP contribution in [-0.4, -0.2) is 15.2 Å². The lowest BCUT2D eigenvalue weighted by atomic mass is 10.3. The van der Waals surface area contributed by atoms with E-state index < -0.39 is 17.3 Å². The van der Waals surface area contributed by atoms with Crippen LogP contribution in [0.3, 0.4) is 0 Å². The van der Waals surface area contributed by atoms with E-state index in [4.69, 9.17) is 11.5 Å². The highest BCUT2D eigenvalue weighted by molar-refractivity contribution is 5.90. The Labute approximate surface area is 103 Å². The number of anilines is 2. The van der Waals surface area contributed by atoms with Gasteiger partial charge in [0, 0.05) is 13.6 Å². The molecule has 0 aromatic carbocycles. The fourth-order valence-corrected chi connectivity index (χ4v) is 1.45. The smallest absolute Gasteiger partial charge is 0.332 e. The van der Waals surface area contributed by atoms with Gasteiger partial charge in [-0.3, -0.25) is 13.9 Å². The molecule has 1 heterocycles. The van der Waals surface area contributed by atoms with Gasteiger partial charge in [0.25, 0.3) is 5.56 Å². The van der Waals surface area contributed by atoms with Crippen LogP contribution in [0.2, 0.25) is 0 Å². The van der Waals surface area contributed by atoms with Gasteiger partial charge < -0.3 is 16.8 Å². The topological polar surface area (TPSA) is 125 Å². The number of amides is 2. The van der Waals surface area contributed by atoms with Gasteiger partial charge >= 0.3 is 11.7 Å². The molecule has 1 rings (SSSR count). The normalized spacial score (nSPS) is 10.1. The lowest BCUT2D eigenvalue weighted by Crippen LogP contribution is -2.42. The highest BCUT2D eigenvalue weighted by Crippen LogP contribution is 2.11. The van der Waals surface area contributed by atoms with Gasteiger partial charge in [-0.15, -0.1) is 0 Å². The molecule has 8 nitrogen and oxygen atoms in total. The lowest BCUT2D eigenvalue weighted by Gasteiger charge is -2.14. The number of rotatable bonds is 3. The van der Waals surface area contributed by atoms with Crippen LogP contribution < -0.4 is 28.0 Å². The molecule has 18 heavy (non-hydrogen) atoms. The second-order valence-electron chi connectivity index (χ2n) is 3.94. The van der Waals surface area contributed by atoms with E-state index in [0.717, 1.165) is 9.13 Å². The highest BCUT2D eigenvalue weighted by atomic mass is 16.2. The van der Waals surface area contributed by atoms with E-state index in [9.17, 15) is 14.4 Å². The molecule has 1 aromatic heterocycles. The van der Waals surface area contributed by atoms with Crippen LogP contribution in [0, 0.1) is 0 Å². The molecule has 1 aromatic rings. The van der Waals surface area contributed by atoms with Crippen molar-refractivity contribution in [2.24, 2.45) is 12.8 Å². The minimum atomic E-state index is -0.931. The second-order valence-corrected chi connectivity index (χ2v) is 3.94. The molecule has 0 unspecified atom stereocenters. The molecule has 2 amide bonds. The third-order valence-corrected chi connectivity index (χ3v) is 2.26. The quantitative estimate of drug-likeness (QED) is 0.609. The summed E-state index contributed by atoms with van der Waals surface area (Å²) in [6.07, 6.45) is 0. The molecule has 98 valence electrons. The van der Waals surface area contributed by atoms with Crippen molar-refractivity contribution in [2.75, 3.05) is 11.1 Å². The number of allylic oxidation sites excluding steroid dienone is 1. The minimum Gasteiger partial charge on any atom is -0.383 e. The molecule has 0 aliphatic heterocycles. The summed E-state index contributed by atoms with van der Waals surface area (Å²) in [6, 6.07) is -0.931. The van der Waals surface area contributed by atoms with Gasteiger partial charge in [0.05, 0.1) is 0 Å². The van der Waals surface area contributed by atoms with E-state index in [-0.39, 0.29) is 18.1 Å². The van der Waals surface area contributed by atoms with Crippen molar-refractivity contribution >= 4 is 17.5 Å². The van der Waals surface area contributed by atoms with Gasteiger partial charge in [-0.2, -0.15) is 0 Å². The van der Waals surface area contributed by atoms with Crippen LogP contribution in [0.5, 0.6) is 0 Å². The SMILES string of the molecule is C=C(C)Cn1c(N)c(NC(N)=O)c(=O)n(C)c1=O. The van der Waals surface area contributed by atoms with E-state index in [1.807, 2.05) is 0 Å². The predicted molar refractivity (Wildman–Crippen MR) is 68.4 cm³/mol. The number of urea groups is 1. The largest absolute Gasteiger partial charge is 0.383 e. The Hall–Kier alpha value is -2.51. The van der Waals surface area contributed by atoms with Crippen molar-refractivity contribution in [2.45, 2.75) is 13.5 Å². The number of carbonyl (C=O) groups is 1. The number of primary amides is 1. The molecular weight excluding hydrogens is 238 g/mol. The van der Waals surface area contributed by atoms with Gasteiger partial charge in [-0.25, -0.2) is 9.59 Å². The number of nitrogens with two attached hydrogens (primary N) is 2. The summed E-state index contributed by atoms with van der Waals surface area (Å²) in [5.41, 5.74) is 9.79. The van der Waals surface area contributed by atoms with Crippen molar-refractivity contribution in [3.8, 4) is 0 Å². The molecule has 0 bridgehead atoms. The summed E-state index contributed by atoms with van der Waals surface area (Å²) >= 11 is 0. The first kappa shape index (κ1) is 13.6. The molecule has 8 heteroatoms. The Kier molecular flexibility index (Phi) is 3.60. The number of aromatic nitrogens is 2. The molecule has 0 aliphatic rings. The van der Waals surface area contributed by atoms with E-state index in [1.165, 1.54) is 7.05 Å². The predicted octanol–water partition coefficient (Wildman–Crippen LogP) is -0.804. The third kappa shape index (κ3) is 2.42. The van der Waals surface area contributed by atoms with Crippen LogP contribution in [-0.2, 0) is 13.6 Å². The van der Waals surface area contributed by atoms with Crippen molar-refractivity contribution < 1.29 is 4.79 Å². The summed E-state index contributed by atoms with van der Waals surface area (Å²) in [6.45, 7) is 5.51. The summed E-state index contributed by atoms with van der Waals surface area (Å²) in [7, 11) is 1.28. The monoisotopic (exact) mass is 253 g/mol. The first-order chi connectivity index (χ1) is 8.25. The molecule has 0 aliphatic carbocycles. The Balaban J connectivity index is 3.59. The number of hydrogen-bond donors (Lipinski definition) is 3. The molecule has 0 fully saturated rings. The first-order valence-electron chi connectivity index (χ1n) is 5.05. The molecule has 0 saturated carbocycles. The first-order valence-corrected chi connectivity index (χ1v) is 5.05. The van der Waals surface area contributed by atoms with Crippen molar-refractivity contribution in [3.63, 3.8) is 0 Å². The summed E-state index contributed by atoms with van der Waals surface area (Å²) in [5, 5.41) is 2.11. The molecule has 0 saturated heterocycles. The van der Waals surface area contributed by atoms with Crippen molar-refractivity contribution in [1.29, 1.82) is 0 Å². The Morgan fingerprint density at radius 2 is 2.00 bits per heavy atom. The van der Waals surface area contributed by atoms with Crippen molar-refractivity contribution in [1.82, 2.24) is 9.13 Å². The molecule has 5 N–H and O–H groups in total. The van der Waals surface area contributed by atoms with Gasteiger partial charge in [0.15, 0.2) is 0 Å². The van der Waals surface area contributed by atoms with Gasteiger partial charge in [0.1, 0.15) is 11.5 Å². The Morgan fingerprint density at radius 3 is 2.44 bits per heavy atom. The second kappa shape index (κ2) is 4.78. The maximum Gasteiger partial charge on any atom is 0.332 e.